The molecule has 0 N–H and O–H groups in total. The van der Waals surface area contributed by atoms with Gasteiger partial charge in [-0.3, -0.25) is 0 Å². The van der Waals surface area contributed by atoms with Crippen molar-refractivity contribution in [3.05, 3.63) is 0 Å². The summed E-state index contributed by atoms with van der Waals surface area (Å²) in [6.07, 6.45) is 5.69. The molecule has 0 aromatic carbocycles. The molecule has 0 aromatic heterocycles. The highest BCUT2D eigenvalue weighted by Crippen LogP contribution is 2.60. The molecule has 1 aliphatic carbocycles. The summed E-state index contributed by atoms with van der Waals surface area (Å²) in [6.45, 7) is 17.0. The topological polar surface area (TPSA) is 0 Å². The van der Waals surface area contributed by atoms with E-state index in [4.69, 9.17) is 0 Å². The zero-order chi connectivity index (χ0) is 11.9. The molecule has 0 spiro atoms. The Labute approximate surface area is 96.8 Å². The predicted molar refractivity (Wildman–Crippen MR) is 69.0 cm³/mol. The van der Waals surface area contributed by atoms with Crippen molar-refractivity contribution in [2.24, 2.45) is 22.2 Å². The summed E-state index contributed by atoms with van der Waals surface area (Å²) in [4.78, 5) is 0. The number of rotatable bonds is 0. The van der Waals surface area contributed by atoms with Crippen molar-refractivity contribution in [1.29, 1.82) is 0 Å². The highest BCUT2D eigenvalue weighted by atomic mass is 14.6. The lowest BCUT2D eigenvalue weighted by Gasteiger charge is -2.57. The van der Waals surface area contributed by atoms with Crippen LogP contribution in [-0.2, 0) is 0 Å². The van der Waals surface area contributed by atoms with Crippen molar-refractivity contribution in [2.45, 2.75) is 74.1 Å². The fraction of sp³-hybridized carbons (Fsp3) is 1.00. The molecule has 0 heterocycles. The summed E-state index contributed by atoms with van der Waals surface area (Å²) < 4.78 is 0. The molecule has 0 atom stereocenters. The van der Waals surface area contributed by atoms with Crippen LogP contribution in [0.5, 0.6) is 0 Å². The lowest BCUT2D eigenvalue weighted by molar-refractivity contribution is -0.0724. The fourth-order valence-electron chi connectivity index (χ4n) is 3.88. The van der Waals surface area contributed by atoms with E-state index in [-0.39, 0.29) is 0 Å². The maximum Gasteiger partial charge on any atom is -0.0200 e. The maximum atomic E-state index is 2.44. The monoisotopic (exact) mass is 210 g/mol. The van der Waals surface area contributed by atoms with Crippen LogP contribution in [0.4, 0.5) is 0 Å². The normalized spacial score (nSPS) is 24.2. The first-order valence-electron chi connectivity index (χ1n) is 6.60. The lowest BCUT2D eigenvalue weighted by Crippen LogP contribution is -2.48. The van der Waals surface area contributed by atoms with Gasteiger partial charge in [0, 0.05) is 0 Å². The molecule has 1 aliphatic rings. The first-order valence-corrected chi connectivity index (χ1v) is 6.60. The molecule has 0 amide bonds. The summed E-state index contributed by atoms with van der Waals surface area (Å²) in [7, 11) is 0. The van der Waals surface area contributed by atoms with Gasteiger partial charge in [-0.1, -0.05) is 61.3 Å². The van der Waals surface area contributed by atoms with Crippen molar-refractivity contribution in [2.75, 3.05) is 0 Å². The first-order chi connectivity index (χ1) is 6.60. The molecule has 1 saturated carbocycles. The van der Waals surface area contributed by atoms with E-state index in [0.29, 0.717) is 16.2 Å². The van der Waals surface area contributed by atoms with Gasteiger partial charge in [0.1, 0.15) is 0 Å². The highest BCUT2D eigenvalue weighted by molar-refractivity contribution is 5.00. The Kier molecular flexibility index (Phi) is 3.30. The van der Waals surface area contributed by atoms with Crippen LogP contribution in [-0.4, -0.2) is 0 Å². The van der Waals surface area contributed by atoms with E-state index < -0.39 is 0 Å². The number of hydrogen-bond acceptors (Lipinski definition) is 0. The highest BCUT2D eigenvalue weighted by Gasteiger charge is 2.50. The zero-order valence-electron chi connectivity index (χ0n) is 11.9. The molecule has 0 aliphatic heterocycles. The molecule has 0 heteroatoms. The van der Waals surface area contributed by atoms with E-state index in [9.17, 15) is 0 Å². The number of hydrogen-bond donors (Lipinski definition) is 0. The fourth-order valence-corrected chi connectivity index (χ4v) is 3.88. The molecule has 0 saturated heterocycles. The third-order valence-electron chi connectivity index (χ3n) is 5.00. The second kappa shape index (κ2) is 3.79. The van der Waals surface area contributed by atoms with E-state index in [1.165, 1.54) is 25.7 Å². The molecular weight excluding hydrogens is 180 g/mol. The minimum atomic E-state index is 0.436. The average molecular weight is 210 g/mol. The van der Waals surface area contributed by atoms with Crippen LogP contribution in [0.25, 0.3) is 0 Å². The minimum Gasteiger partial charge on any atom is -0.0625 e. The Bertz CT molecular complexity index is 187. The Balaban J connectivity index is 2.99. The van der Waals surface area contributed by atoms with Crippen molar-refractivity contribution in [3.8, 4) is 0 Å². The SMILES string of the molecule is CC1CCC(C(C)(C)C)(C(C)(C)C)CC1. The Hall–Kier alpha value is 0. The van der Waals surface area contributed by atoms with Crippen molar-refractivity contribution >= 4 is 0 Å². The molecule has 0 unspecified atom stereocenters. The van der Waals surface area contributed by atoms with E-state index >= 15 is 0 Å². The van der Waals surface area contributed by atoms with Crippen molar-refractivity contribution in [3.63, 3.8) is 0 Å². The predicted octanol–water partition coefficient (Wildman–Crippen LogP) is 5.28. The smallest absolute Gasteiger partial charge is 0.0200 e. The summed E-state index contributed by atoms with van der Waals surface area (Å²) in [5.41, 5.74) is 1.41. The van der Waals surface area contributed by atoms with Gasteiger partial charge in [0.05, 0.1) is 0 Å². The summed E-state index contributed by atoms with van der Waals surface area (Å²) in [5.74, 6) is 0.947. The van der Waals surface area contributed by atoms with Crippen LogP contribution in [0, 0.1) is 22.2 Å². The van der Waals surface area contributed by atoms with Gasteiger partial charge in [0.15, 0.2) is 0 Å². The second-order valence-corrected chi connectivity index (χ2v) is 7.76. The standard InChI is InChI=1S/C15H30/c1-12-8-10-15(11-9-12,13(2,3)4)14(5,6)7/h12H,8-11H2,1-7H3. The largest absolute Gasteiger partial charge is 0.0625 e. The molecule has 0 aromatic rings. The molecule has 15 heavy (non-hydrogen) atoms. The summed E-state index contributed by atoms with van der Waals surface area (Å²) in [5, 5.41) is 0. The molecular formula is C15H30. The second-order valence-electron chi connectivity index (χ2n) is 7.76. The molecule has 1 rings (SSSR count). The van der Waals surface area contributed by atoms with Crippen LogP contribution in [0.15, 0.2) is 0 Å². The summed E-state index contributed by atoms with van der Waals surface area (Å²) in [6, 6.07) is 0. The molecule has 90 valence electrons. The maximum absolute atomic E-state index is 2.44. The van der Waals surface area contributed by atoms with Crippen LogP contribution in [0.3, 0.4) is 0 Å². The zero-order valence-corrected chi connectivity index (χ0v) is 11.9. The van der Waals surface area contributed by atoms with Gasteiger partial charge < -0.3 is 0 Å². The van der Waals surface area contributed by atoms with Crippen LogP contribution in [0.2, 0.25) is 0 Å². The van der Waals surface area contributed by atoms with E-state index in [2.05, 4.69) is 48.5 Å². The summed E-state index contributed by atoms with van der Waals surface area (Å²) >= 11 is 0. The van der Waals surface area contributed by atoms with Crippen LogP contribution in [0.1, 0.15) is 74.1 Å². The van der Waals surface area contributed by atoms with Crippen LogP contribution < -0.4 is 0 Å². The van der Waals surface area contributed by atoms with Crippen molar-refractivity contribution in [1.82, 2.24) is 0 Å². The Morgan fingerprint density at radius 3 is 1.40 bits per heavy atom. The van der Waals surface area contributed by atoms with Gasteiger partial charge in [-0.2, -0.15) is 0 Å². The van der Waals surface area contributed by atoms with E-state index in [1.807, 2.05) is 0 Å². The third kappa shape index (κ3) is 2.24. The van der Waals surface area contributed by atoms with E-state index in [1.54, 1.807) is 0 Å². The van der Waals surface area contributed by atoms with E-state index in [0.717, 1.165) is 5.92 Å². The van der Waals surface area contributed by atoms with Gasteiger partial charge in [0.2, 0.25) is 0 Å². The van der Waals surface area contributed by atoms with Gasteiger partial charge in [-0.25, -0.2) is 0 Å². The lowest BCUT2D eigenvalue weighted by atomic mass is 9.48. The van der Waals surface area contributed by atoms with Gasteiger partial charge >= 0.3 is 0 Å². The van der Waals surface area contributed by atoms with Gasteiger partial charge in [0.25, 0.3) is 0 Å². The molecule has 0 radical (unpaired) electrons. The third-order valence-corrected chi connectivity index (χ3v) is 5.00. The Morgan fingerprint density at radius 2 is 1.13 bits per heavy atom. The minimum absolute atomic E-state index is 0.436. The molecule has 0 bridgehead atoms. The van der Waals surface area contributed by atoms with Gasteiger partial charge in [-0.05, 0) is 35.0 Å². The Morgan fingerprint density at radius 1 is 0.800 bits per heavy atom. The first kappa shape index (κ1) is 13.1. The average Bonchev–Trinajstić information content (AvgIpc) is 2.00. The molecule has 1 fully saturated rings. The molecule has 0 nitrogen and oxygen atoms in total. The van der Waals surface area contributed by atoms with Crippen molar-refractivity contribution < 1.29 is 0 Å². The van der Waals surface area contributed by atoms with Crippen LogP contribution >= 0.6 is 0 Å². The van der Waals surface area contributed by atoms with Gasteiger partial charge in [-0.15, -0.1) is 0 Å². The quantitative estimate of drug-likeness (QED) is 0.510.